The fourth-order valence-electron chi connectivity index (χ4n) is 4.35. The standard InChI is InChI=1S/C33H30N4O3/c1-5-28(32(38)37-29-8-6-7-22(4)34-29)40-33(39)25-17-18-26-27(19-25)36-31(24-15-11-21(3)12-16-24)30(35-26)23-13-9-20(2)10-14-23/h6-19,28H,5H2,1-4H3,(H,34,37,38). The van der Waals surface area contributed by atoms with Crippen molar-refractivity contribution in [3.05, 3.63) is 107 Å². The number of hydrogen-bond acceptors (Lipinski definition) is 6. The first kappa shape index (κ1) is 26.7. The second-order valence-electron chi connectivity index (χ2n) is 9.81. The number of aryl methyl sites for hydroxylation is 3. The minimum absolute atomic E-state index is 0.291. The van der Waals surface area contributed by atoms with Crippen LogP contribution in [-0.4, -0.2) is 32.9 Å². The number of ether oxygens (including phenoxy) is 1. The van der Waals surface area contributed by atoms with Crippen LogP contribution in [0.25, 0.3) is 33.5 Å². The maximum absolute atomic E-state index is 13.1. The number of esters is 1. The van der Waals surface area contributed by atoms with Crippen LogP contribution in [0.5, 0.6) is 0 Å². The van der Waals surface area contributed by atoms with Crippen molar-refractivity contribution < 1.29 is 14.3 Å². The van der Waals surface area contributed by atoms with Crippen molar-refractivity contribution in [1.29, 1.82) is 0 Å². The maximum atomic E-state index is 13.1. The first-order valence-corrected chi connectivity index (χ1v) is 13.2. The number of carbonyl (C=O) groups is 2. The van der Waals surface area contributed by atoms with Gasteiger partial charge in [-0.25, -0.2) is 19.7 Å². The van der Waals surface area contributed by atoms with E-state index in [9.17, 15) is 9.59 Å². The molecule has 0 saturated carbocycles. The first-order valence-electron chi connectivity index (χ1n) is 13.2. The number of rotatable bonds is 7. The number of fused-ring (bicyclic) bond motifs is 1. The Balaban J connectivity index is 1.46. The Labute approximate surface area is 233 Å². The van der Waals surface area contributed by atoms with E-state index in [1.165, 1.54) is 0 Å². The molecule has 2 aromatic heterocycles. The topological polar surface area (TPSA) is 94.1 Å². The number of anilines is 1. The Hall–Kier alpha value is -4.91. The Morgan fingerprint density at radius 2 is 1.35 bits per heavy atom. The number of amides is 1. The SMILES string of the molecule is CCC(OC(=O)c1ccc2nc(-c3ccc(C)cc3)c(-c3ccc(C)cc3)nc2c1)C(=O)Nc1cccc(C)n1. The molecule has 2 heterocycles. The van der Waals surface area contributed by atoms with Crippen molar-refractivity contribution in [2.24, 2.45) is 0 Å². The van der Waals surface area contributed by atoms with Gasteiger partial charge >= 0.3 is 5.97 Å². The van der Waals surface area contributed by atoms with Gasteiger partial charge in [0.05, 0.1) is 28.0 Å². The molecule has 7 nitrogen and oxygen atoms in total. The van der Waals surface area contributed by atoms with E-state index in [0.717, 1.165) is 39.3 Å². The van der Waals surface area contributed by atoms with Crippen LogP contribution in [0.2, 0.25) is 0 Å². The predicted octanol–water partition coefficient (Wildman–Crippen LogP) is 6.86. The van der Waals surface area contributed by atoms with Crippen molar-refractivity contribution in [2.45, 2.75) is 40.2 Å². The lowest BCUT2D eigenvalue weighted by Crippen LogP contribution is -2.32. The Morgan fingerprint density at radius 1 is 0.750 bits per heavy atom. The fraction of sp³-hybridized carbons (Fsp3) is 0.182. The lowest BCUT2D eigenvalue weighted by atomic mass is 10.0. The molecule has 0 aliphatic rings. The van der Waals surface area contributed by atoms with E-state index in [-0.39, 0.29) is 0 Å². The highest BCUT2D eigenvalue weighted by Gasteiger charge is 2.23. The first-order chi connectivity index (χ1) is 19.3. The smallest absolute Gasteiger partial charge is 0.338 e. The second kappa shape index (κ2) is 11.5. The molecule has 3 aromatic carbocycles. The summed E-state index contributed by atoms with van der Waals surface area (Å²) in [6, 6.07) is 26.7. The zero-order valence-corrected chi connectivity index (χ0v) is 22.9. The molecule has 0 spiro atoms. The Kier molecular flexibility index (Phi) is 7.64. The van der Waals surface area contributed by atoms with Gasteiger partial charge < -0.3 is 10.1 Å². The lowest BCUT2D eigenvalue weighted by molar-refractivity contribution is -0.124. The third-order valence-corrected chi connectivity index (χ3v) is 6.60. The summed E-state index contributed by atoms with van der Waals surface area (Å²) in [5.41, 5.74) is 7.95. The molecule has 5 rings (SSSR count). The summed E-state index contributed by atoms with van der Waals surface area (Å²) in [5, 5.41) is 2.73. The molecule has 0 bridgehead atoms. The number of pyridine rings is 1. The average Bonchev–Trinajstić information content (AvgIpc) is 2.95. The Bertz CT molecular complexity index is 1700. The van der Waals surface area contributed by atoms with E-state index in [0.29, 0.717) is 28.8 Å². The molecule has 1 atom stereocenters. The van der Waals surface area contributed by atoms with Gasteiger partial charge in [0, 0.05) is 16.8 Å². The molecule has 0 saturated heterocycles. The highest BCUT2D eigenvalue weighted by atomic mass is 16.5. The van der Waals surface area contributed by atoms with Gasteiger partial charge in [-0.05, 0) is 57.5 Å². The molecule has 0 radical (unpaired) electrons. The Morgan fingerprint density at radius 3 is 1.93 bits per heavy atom. The predicted molar refractivity (Wildman–Crippen MR) is 157 cm³/mol. The molecule has 1 amide bonds. The summed E-state index contributed by atoms with van der Waals surface area (Å²) >= 11 is 0. The zero-order chi connectivity index (χ0) is 28.2. The van der Waals surface area contributed by atoms with Crippen molar-refractivity contribution in [1.82, 2.24) is 15.0 Å². The second-order valence-corrected chi connectivity index (χ2v) is 9.81. The summed E-state index contributed by atoms with van der Waals surface area (Å²) in [4.78, 5) is 40.1. The molecule has 0 aliphatic heterocycles. The van der Waals surface area contributed by atoms with Crippen LogP contribution >= 0.6 is 0 Å². The van der Waals surface area contributed by atoms with Crippen LogP contribution in [0.4, 0.5) is 5.82 Å². The summed E-state index contributed by atoms with van der Waals surface area (Å²) in [5.74, 6) is -0.630. The van der Waals surface area contributed by atoms with E-state index < -0.39 is 18.0 Å². The lowest BCUT2D eigenvalue weighted by Gasteiger charge is -2.16. The van der Waals surface area contributed by atoms with Gasteiger partial charge in [0.25, 0.3) is 5.91 Å². The number of nitrogens with zero attached hydrogens (tertiary/aromatic N) is 3. The zero-order valence-electron chi connectivity index (χ0n) is 22.9. The maximum Gasteiger partial charge on any atom is 0.338 e. The van der Waals surface area contributed by atoms with Crippen LogP contribution < -0.4 is 5.32 Å². The molecular weight excluding hydrogens is 500 g/mol. The average molecular weight is 531 g/mol. The molecule has 0 aliphatic carbocycles. The van der Waals surface area contributed by atoms with Crippen molar-refractivity contribution in [3.8, 4) is 22.5 Å². The number of aromatic nitrogens is 3. The van der Waals surface area contributed by atoms with E-state index in [1.807, 2.05) is 63.2 Å². The van der Waals surface area contributed by atoms with E-state index in [2.05, 4.69) is 22.4 Å². The number of benzene rings is 3. The van der Waals surface area contributed by atoms with Gasteiger partial charge in [-0.1, -0.05) is 72.6 Å². The quantitative estimate of drug-likeness (QED) is 0.231. The third kappa shape index (κ3) is 5.89. The normalized spacial score (nSPS) is 11.7. The molecule has 5 aromatic rings. The van der Waals surface area contributed by atoms with Gasteiger partial charge in [-0.3, -0.25) is 4.79 Å². The monoisotopic (exact) mass is 530 g/mol. The fourth-order valence-corrected chi connectivity index (χ4v) is 4.35. The van der Waals surface area contributed by atoms with Gasteiger partial charge in [-0.15, -0.1) is 0 Å². The minimum Gasteiger partial charge on any atom is -0.449 e. The van der Waals surface area contributed by atoms with Gasteiger partial charge in [0.15, 0.2) is 6.10 Å². The van der Waals surface area contributed by atoms with Crippen LogP contribution in [-0.2, 0) is 9.53 Å². The minimum atomic E-state index is -0.969. The molecule has 200 valence electrons. The summed E-state index contributed by atoms with van der Waals surface area (Å²) in [6.07, 6.45) is -0.655. The highest BCUT2D eigenvalue weighted by molar-refractivity contribution is 5.99. The summed E-state index contributed by atoms with van der Waals surface area (Å²) < 4.78 is 5.60. The van der Waals surface area contributed by atoms with Crippen LogP contribution in [0.1, 0.15) is 40.5 Å². The molecule has 40 heavy (non-hydrogen) atoms. The number of nitrogens with one attached hydrogen (secondary N) is 1. The van der Waals surface area contributed by atoms with Crippen molar-refractivity contribution >= 4 is 28.7 Å². The molecular formula is C33H30N4O3. The number of hydrogen-bond donors (Lipinski definition) is 1. The number of carbonyl (C=O) groups excluding carboxylic acids is 2. The molecule has 1 N–H and O–H groups in total. The van der Waals surface area contributed by atoms with E-state index >= 15 is 0 Å². The van der Waals surface area contributed by atoms with Crippen LogP contribution in [0, 0.1) is 20.8 Å². The van der Waals surface area contributed by atoms with E-state index in [4.69, 9.17) is 14.7 Å². The van der Waals surface area contributed by atoms with Crippen molar-refractivity contribution in [3.63, 3.8) is 0 Å². The third-order valence-electron chi connectivity index (χ3n) is 6.60. The molecule has 0 fully saturated rings. The van der Waals surface area contributed by atoms with E-state index in [1.54, 1.807) is 37.3 Å². The van der Waals surface area contributed by atoms with Gasteiger partial charge in [0.1, 0.15) is 5.82 Å². The molecule has 1 unspecified atom stereocenters. The van der Waals surface area contributed by atoms with Gasteiger partial charge in [0.2, 0.25) is 0 Å². The van der Waals surface area contributed by atoms with Crippen molar-refractivity contribution in [2.75, 3.05) is 5.32 Å². The van der Waals surface area contributed by atoms with Crippen LogP contribution in [0.15, 0.2) is 84.9 Å². The summed E-state index contributed by atoms with van der Waals surface area (Å²) in [6.45, 7) is 7.70. The summed E-state index contributed by atoms with van der Waals surface area (Å²) in [7, 11) is 0. The van der Waals surface area contributed by atoms with Gasteiger partial charge in [-0.2, -0.15) is 0 Å². The molecule has 7 heteroatoms. The van der Waals surface area contributed by atoms with Crippen LogP contribution in [0.3, 0.4) is 0 Å². The highest BCUT2D eigenvalue weighted by Crippen LogP contribution is 2.31. The largest absolute Gasteiger partial charge is 0.449 e.